The molecule has 2 unspecified atom stereocenters. The Kier molecular flexibility index (Phi) is 6.26. The van der Waals surface area contributed by atoms with E-state index in [9.17, 15) is 19.2 Å². The number of urea groups is 1. The number of anilines is 1. The number of likely N-dealkylation sites (tertiary alicyclic amines) is 1. The largest absolute Gasteiger partial charge is 0.497 e. The minimum absolute atomic E-state index is 0.0271. The smallest absolute Gasteiger partial charge is 0.418 e. The van der Waals surface area contributed by atoms with E-state index in [0.29, 0.717) is 17.7 Å². The van der Waals surface area contributed by atoms with E-state index in [1.807, 2.05) is 31.2 Å². The first-order valence-electron chi connectivity index (χ1n) is 12.4. The van der Waals surface area contributed by atoms with Crippen LogP contribution < -0.4 is 15.4 Å². The summed E-state index contributed by atoms with van der Waals surface area (Å²) in [7, 11) is 3.12. The molecule has 2 aliphatic heterocycles. The van der Waals surface area contributed by atoms with Crippen LogP contribution in [0.15, 0.2) is 42.5 Å². The van der Waals surface area contributed by atoms with Gasteiger partial charge >= 0.3 is 12.1 Å². The summed E-state index contributed by atoms with van der Waals surface area (Å²) in [5.41, 5.74) is 1.53. The van der Waals surface area contributed by atoms with Crippen LogP contribution in [0.5, 0.6) is 5.75 Å². The van der Waals surface area contributed by atoms with Gasteiger partial charge in [0.2, 0.25) is 11.5 Å². The first kappa shape index (κ1) is 24.6. The Morgan fingerprint density at radius 3 is 2.59 bits per heavy atom. The number of ether oxygens (including phenoxy) is 2. The molecule has 0 radical (unpaired) electrons. The summed E-state index contributed by atoms with van der Waals surface area (Å²) in [5.74, 6) is -0.0854. The Hall–Kier alpha value is -4.08. The Morgan fingerprint density at radius 1 is 1.14 bits per heavy atom. The number of carbonyl (C=O) groups is 4. The highest BCUT2D eigenvalue weighted by Gasteiger charge is 2.58. The van der Waals surface area contributed by atoms with Gasteiger partial charge < -0.3 is 25.0 Å². The number of nitrogens with zero attached hydrogens (tertiary/aromatic N) is 2. The molecule has 37 heavy (non-hydrogen) atoms. The zero-order valence-corrected chi connectivity index (χ0v) is 21.1. The van der Waals surface area contributed by atoms with Gasteiger partial charge in [-0.15, -0.1) is 0 Å². The van der Waals surface area contributed by atoms with Crippen LogP contribution in [-0.4, -0.2) is 60.5 Å². The predicted octanol–water partition coefficient (Wildman–Crippen LogP) is 3.32. The first-order chi connectivity index (χ1) is 17.8. The van der Waals surface area contributed by atoms with E-state index < -0.39 is 17.6 Å². The maximum absolute atomic E-state index is 13.6. The first-order valence-corrected chi connectivity index (χ1v) is 12.4. The summed E-state index contributed by atoms with van der Waals surface area (Å²) in [5, 5.41) is 5.19. The molecular weight excluding hydrogens is 476 g/mol. The highest BCUT2D eigenvalue weighted by Crippen LogP contribution is 2.46. The summed E-state index contributed by atoms with van der Waals surface area (Å²) in [6, 6.07) is 12.2. The number of nitrogens with one attached hydrogen (secondary N) is 2. The molecular formula is C27H30N4O6. The summed E-state index contributed by atoms with van der Waals surface area (Å²) in [4.78, 5) is 54.3. The molecule has 2 saturated heterocycles. The standard InChI is InChI=1S/C27H30N4O6/c1-16-4-11-22(17-5-8-20(36-3)9-6-17)31(16)23(32)15-30-24(33)27(37-26(30)35)13-12-18-14-19(7-10-21(18)27)29-25(34)28-2/h5-10,14,16,22H,4,11-13,15H2,1-3H3,(H2,28,29,34)/t16?,22?,27-/m1/s1. The SMILES string of the molecule is CNC(=O)Nc1ccc2c(c1)CC[C@@]21OC(=O)N(CC(=O)N2C(C)CCC2c2ccc(OC)cc2)C1=O. The van der Waals surface area contributed by atoms with Gasteiger partial charge in [-0.3, -0.25) is 9.59 Å². The van der Waals surface area contributed by atoms with Crippen molar-refractivity contribution in [1.82, 2.24) is 15.1 Å². The molecule has 0 saturated carbocycles. The van der Waals surface area contributed by atoms with Crippen LogP contribution in [0.3, 0.4) is 0 Å². The van der Waals surface area contributed by atoms with Crippen molar-refractivity contribution >= 4 is 29.6 Å². The number of benzene rings is 2. The van der Waals surface area contributed by atoms with Crippen molar-refractivity contribution in [2.24, 2.45) is 0 Å². The lowest BCUT2D eigenvalue weighted by molar-refractivity contribution is -0.143. The third-order valence-electron chi connectivity index (χ3n) is 7.59. The molecule has 2 N–H and O–H groups in total. The third-order valence-corrected chi connectivity index (χ3v) is 7.59. The van der Waals surface area contributed by atoms with Crippen molar-refractivity contribution in [3.05, 3.63) is 59.2 Å². The van der Waals surface area contributed by atoms with Crippen molar-refractivity contribution in [3.8, 4) is 5.75 Å². The summed E-state index contributed by atoms with van der Waals surface area (Å²) in [6.07, 6.45) is 1.59. The average Bonchev–Trinajstić information content (AvgIpc) is 3.54. The molecule has 5 amide bonds. The van der Waals surface area contributed by atoms with Crippen molar-refractivity contribution < 1.29 is 28.7 Å². The maximum Gasteiger partial charge on any atom is 0.418 e. The second-order valence-electron chi connectivity index (χ2n) is 9.68. The molecule has 2 aromatic rings. The molecule has 3 aliphatic rings. The van der Waals surface area contributed by atoms with Crippen LogP contribution in [0, 0.1) is 0 Å². The Balaban J connectivity index is 1.34. The molecule has 0 bridgehead atoms. The Bertz CT molecular complexity index is 1260. The van der Waals surface area contributed by atoms with Crippen molar-refractivity contribution in [3.63, 3.8) is 0 Å². The number of hydrogen-bond donors (Lipinski definition) is 2. The fourth-order valence-electron chi connectivity index (χ4n) is 5.70. The third kappa shape index (κ3) is 4.16. The van der Waals surface area contributed by atoms with Crippen molar-refractivity contribution in [2.45, 2.75) is 50.3 Å². The average molecular weight is 507 g/mol. The van der Waals surface area contributed by atoms with E-state index in [4.69, 9.17) is 9.47 Å². The van der Waals surface area contributed by atoms with Gasteiger partial charge in [-0.1, -0.05) is 18.2 Å². The van der Waals surface area contributed by atoms with Crippen molar-refractivity contribution in [2.75, 3.05) is 26.0 Å². The second-order valence-corrected chi connectivity index (χ2v) is 9.68. The molecule has 10 heteroatoms. The quantitative estimate of drug-likeness (QED) is 0.643. The number of methoxy groups -OCH3 is 1. The maximum atomic E-state index is 13.6. The van der Waals surface area contributed by atoms with Gasteiger partial charge in [-0.2, -0.15) is 0 Å². The van der Waals surface area contributed by atoms with Crippen LogP contribution >= 0.6 is 0 Å². The number of fused-ring (bicyclic) bond motifs is 2. The van der Waals surface area contributed by atoms with E-state index in [2.05, 4.69) is 10.6 Å². The molecule has 1 aliphatic carbocycles. The lowest BCUT2D eigenvalue weighted by Crippen LogP contribution is -2.46. The molecule has 194 valence electrons. The highest BCUT2D eigenvalue weighted by molar-refractivity contribution is 6.06. The minimum Gasteiger partial charge on any atom is -0.497 e. The van der Waals surface area contributed by atoms with E-state index in [-0.39, 0.29) is 37.0 Å². The van der Waals surface area contributed by atoms with Gasteiger partial charge in [0.1, 0.15) is 12.3 Å². The van der Waals surface area contributed by atoms with E-state index in [1.54, 1.807) is 30.2 Å². The lowest BCUT2D eigenvalue weighted by Gasteiger charge is -2.30. The Morgan fingerprint density at radius 2 is 1.89 bits per heavy atom. The van der Waals surface area contributed by atoms with Crippen molar-refractivity contribution in [1.29, 1.82) is 0 Å². The zero-order valence-electron chi connectivity index (χ0n) is 21.1. The number of imide groups is 1. The summed E-state index contributed by atoms with van der Waals surface area (Å²) >= 11 is 0. The number of carbonyl (C=O) groups excluding carboxylic acids is 4. The molecule has 1 spiro atoms. The van der Waals surface area contributed by atoms with Gasteiger partial charge in [0, 0.05) is 30.8 Å². The van der Waals surface area contributed by atoms with Crippen LogP contribution in [-0.2, 0) is 26.3 Å². The molecule has 2 aromatic carbocycles. The number of amides is 5. The van der Waals surface area contributed by atoms with Crippen LogP contribution in [0.1, 0.15) is 48.9 Å². The van der Waals surface area contributed by atoms with Crippen LogP contribution in [0.4, 0.5) is 15.3 Å². The predicted molar refractivity (Wildman–Crippen MR) is 134 cm³/mol. The number of rotatable bonds is 5. The van der Waals surface area contributed by atoms with Gasteiger partial charge in [0.05, 0.1) is 13.2 Å². The van der Waals surface area contributed by atoms with Gasteiger partial charge in [-0.05, 0) is 61.6 Å². The van der Waals surface area contributed by atoms with E-state index >= 15 is 0 Å². The topological polar surface area (TPSA) is 117 Å². The van der Waals surface area contributed by atoms with Gasteiger partial charge in [-0.25, -0.2) is 14.5 Å². The fraction of sp³-hybridized carbons (Fsp3) is 0.407. The molecule has 3 atom stereocenters. The molecule has 2 fully saturated rings. The van der Waals surface area contributed by atoms with Crippen LogP contribution in [0.25, 0.3) is 0 Å². The zero-order chi connectivity index (χ0) is 26.3. The van der Waals surface area contributed by atoms with Gasteiger partial charge in [0.15, 0.2) is 0 Å². The van der Waals surface area contributed by atoms with Gasteiger partial charge in [0.25, 0.3) is 5.91 Å². The Labute approximate surface area is 214 Å². The van der Waals surface area contributed by atoms with E-state index in [0.717, 1.165) is 34.6 Å². The monoisotopic (exact) mass is 506 g/mol. The highest BCUT2D eigenvalue weighted by atomic mass is 16.6. The number of aryl methyl sites for hydroxylation is 1. The lowest BCUT2D eigenvalue weighted by atomic mass is 9.94. The summed E-state index contributed by atoms with van der Waals surface area (Å²) < 4.78 is 10.9. The molecule has 2 heterocycles. The second kappa shape index (κ2) is 9.42. The molecule has 5 rings (SSSR count). The van der Waals surface area contributed by atoms with Crippen LogP contribution in [0.2, 0.25) is 0 Å². The van der Waals surface area contributed by atoms with E-state index in [1.165, 1.54) is 7.05 Å². The number of hydrogen-bond acceptors (Lipinski definition) is 6. The summed E-state index contributed by atoms with van der Waals surface area (Å²) in [6.45, 7) is 1.60. The minimum atomic E-state index is -1.44. The fourth-order valence-corrected chi connectivity index (χ4v) is 5.70. The molecule has 10 nitrogen and oxygen atoms in total. The molecule has 0 aromatic heterocycles. The normalized spacial score (nSPS) is 24.3.